The van der Waals surface area contributed by atoms with Gasteiger partial charge in [-0.15, -0.1) is 11.3 Å². The molecule has 0 saturated heterocycles. The molecule has 0 aliphatic carbocycles. The van der Waals surface area contributed by atoms with Crippen LogP contribution in [0.5, 0.6) is 0 Å². The van der Waals surface area contributed by atoms with Crippen LogP contribution in [0.1, 0.15) is 12.0 Å². The Hall–Kier alpha value is -2.77. The van der Waals surface area contributed by atoms with Gasteiger partial charge >= 0.3 is 0 Å². The molecular formula is C20H21N5OS. The van der Waals surface area contributed by atoms with E-state index in [1.54, 1.807) is 18.4 Å². The number of hydrogen-bond donors (Lipinski definition) is 2. The SMILES string of the molecule is COCc1ccccc1-c1cccc(-c2csc(NC3=NCCCN3)n2)n1. The molecule has 4 rings (SSSR count). The summed E-state index contributed by atoms with van der Waals surface area (Å²) in [6.45, 7) is 2.34. The van der Waals surface area contributed by atoms with Crippen molar-refractivity contribution in [1.82, 2.24) is 15.3 Å². The van der Waals surface area contributed by atoms with Gasteiger partial charge in [-0.3, -0.25) is 4.99 Å². The first kappa shape index (κ1) is 17.6. The average Bonchev–Trinajstić information content (AvgIpc) is 3.18. The van der Waals surface area contributed by atoms with Crippen LogP contribution in [0.3, 0.4) is 0 Å². The number of nitrogens with one attached hydrogen (secondary N) is 2. The Morgan fingerprint density at radius 2 is 1.96 bits per heavy atom. The highest BCUT2D eigenvalue weighted by Gasteiger charge is 2.11. The third-order valence-electron chi connectivity index (χ3n) is 4.23. The third-order valence-corrected chi connectivity index (χ3v) is 4.99. The van der Waals surface area contributed by atoms with Crippen LogP contribution < -0.4 is 10.6 Å². The predicted molar refractivity (Wildman–Crippen MR) is 110 cm³/mol. The van der Waals surface area contributed by atoms with Gasteiger partial charge in [0.25, 0.3) is 0 Å². The standard InChI is InChI=1S/C20H21N5OS/c1-26-12-14-6-2-3-7-15(14)16-8-4-9-17(23-16)18-13-27-20(24-18)25-19-21-10-5-11-22-19/h2-4,6-9,13H,5,10-12H2,1H3,(H2,21,22,24,25). The average molecular weight is 379 g/mol. The number of anilines is 1. The number of hydrogen-bond acceptors (Lipinski definition) is 7. The van der Waals surface area contributed by atoms with Gasteiger partial charge in [0.05, 0.1) is 18.0 Å². The molecule has 0 fully saturated rings. The second-order valence-corrected chi connectivity index (χ2v) is 7.03. The van der Waals surface area contributed by atoms with Crippen molar-refractivity contribution in [3.8, 4) is 22.6 Å². The first-order valence-corrected chi connectivity index (χ1v) is 9.77. The molecule has 27 heavy (non-hydrogen) atoms. The first-order chi connectivity index (χ1) is 13.3. The third kappa shape index (κ3) is 4.15. The van der Waals surface area contributed by atoms with Crippen LogP contribution in [0, 0.1) is 0 Å². The van der Waals surface area contributed by atoms with Crippen molar-refractivity contribution in [3.05, 3.63) is 53.4 Å². The fourth-order valence-corrected chi connectivity index (χ4v) is 3.65. The van der Waals surface area contributed by atoms with Crippen LogP contribution in [0.2, 0.25) is 0 Å². The molecule has 0 bridgehead atoms. The minimum atomic E-state index is 0.558. The number of guanidine groups is 1. The number of aliphatic imine (C=N–C) groups is 1. The molecule has 7 heteroatoms. The van der Waals surface area contributed by atoms with Gasteiger partial charge in [0.1, 0.15) is 5.69 Å². The van der Waals surface area contributed by atoms with Crippen LogP contribution in [-0.4, -0.2) is 36.1 Å². The quantitative estimate of drug-likeness (QED) is 0.706. The number of nitrogens with zero attached hydrogens (tertiary/aromatic N) is 3. The van der Waals surface area contributed by atoms with E-state index in [1.165, 1.54) is 0 Å². The second-order valence-electron chi connectivity index (χ2n) is 6.17. The highest BCUT2D eigenvalue weighted by Crippen LogP contribution is 2.27. The zero-order chi connectivity index (χ0) is 18.5. The summed E-state index contributed by atoms with van der Waals surface area (Å²) in [5.41, 5.74) is 4.82. The van der Waals surface area contributed by atoms with Crippen molar-refractivity contribution in [2.75, 3.05) is 25.5 Å². The van der Waals surface area contributed by atoms with E-state index in [2.05, 4.69) is 32.7 Å². The zero-order valence-electron chi connectivity index (χ0n) is 15.1. The maximum absolute atomic E-state index is 5.32. The number of aromatic nitrogens is 2. The molecule has 0 atom stereocenters. The van der Waals surface area contributed by atoms with E-state index in [0.29, 0.717) is 6.61 Å². The molecule has 138 valence electrons. The van der Waals surface area contributed by atoms with E-state index < -0.39 is 0 Å². The molecular weight excluding hydrogens is 358 g/mol. The lowest BCUT2D eigenvalue weighted by Gasteiger charge is -2.14. The second kappa shape index (κ2) is 8.28. The number of pyridine rings is 1. The van der Waals surface area contributed by atoms with Gasteiger partial charge in [0.2, 0.25) is 0 Å². The van der Waals surface area contributed by atoms with Crippen molar-refractivity contribution in [3.63, 3.8) is 0 Å². The number of rotatable bonds is 5. The molecule has 2 aromatic heterocycles. The van der Waals surface area contributed by atoms with Crippen LogP contribution in [0.25, 0.3) is 22.6 Å². The summed E-state index contributed by atoms with van der Waals surface area (Å²) in [4.78, 5) is 13.9. The lowest BCUT2D eigenvalue weighted by molar-refractivity contribution is 0.185. The summed E-state index contributed by atoms with van der Waals surface area (Å²) in [5.74, 6) is 0.789. The van der Waals surface area contributed by atoms with E-state index in [9.17, 15) is 0 Å². The maximum Gasteiger partial charge on any atom is 0.197 e. The summed E-state index contributed by atoms with van der Waals surface area (Å²) in [7, 11) is 1.70. The highest BCUT2D eigenvalue weighted by atomic mass is 32.1. The smallest absolute Gasteiger partial charge is 0.197 e. The van der Waals surface area contributed by atoms with E-state index in [-0.39, 0.29) is 0 Å². The summed E-state index contributed by atoms with van der Waals surface area (Å²) < 4.78 is 5.32. The van der Waals surface area contributed by atoms with Crippen molar-refractivity contribution in [2.45, 2.75) is 13.0 Å². The lowest BCUT2D eigenvalue weighted by atomic mass is 10.0. The summed E-state index contributed by atoms with van der Waals surface area (Å²) >= 11 is 1.55. The van der Waals surface area contributed by atoms with Gasteiger partial charge in [0, 0.05) is 31.1 Å². The minimum absolute atomic E-state index is 0.558. The molecule has 1 aliphatic heterocycles. The summed E-state index contributed by atoms with van der Waals surface area (Å²) in [6, 6.07) is 14.2. The van der Waals surface area contributed by atoms with Crippen LogP contribution in [0.4, 0.5) is 5.13 Å². The first-order valence-electron chi connectivity index (χ1n) is 8.89. The Balaban J connectivity index is 1.59. The van der Waals surface area contributed by atoms with Crippen molar-refractivity contribution in [1.29, 1.82) is 0 Å². The van der Waals surface area contributed by atoms with Crippen molar-refractivity contribution >= 4 is 22.4 Å². The monoisotopic (exact) mass is 379 g/mol. The number of thiazole rings is 1. The molecule has 0 radical (unpaired) electrons. The molecule has 1 aliphatic rings. The topological polar surface area (TPSA) is 71.4 Å². The fourth-order valence-electron chi connectivity index (χ4n) is 2.95. The van der Waals surface area contributed by atoms with E-state index in [1.807, 2.05) is 35.7 Å². The maximum atomic E-state index is 5.32. The van der Waals surface area contributed by atoms with Gasteiger partial charge in [-0.25, -0.2) is 9.97 Å². The largest absolute Gasteiger partial charge is 0.380 e. The normalized spacial score (nSPS) is 13.7. The predicted octanol–water partition coefficient (Wildman–Crippen LogP) is 3.78. The zero-order valence-corrected chi connectivity index (χ0v) is 15.9. The fraction of sp³-hybridized carbons (Fsp3) is 0.250. The molecule has 0 spiro atoms. The van der Waals surface area contributed by atoms with Gasteiger partial charge in [-0.1, -0.05) is 30.3 Å². The molecule has 3 heterocycles. The van der Waals surface area contributed by atoms with Gasteiger partial charge in [-0.05, 0) is 24.1 Å². The van der Waals surface area contributed by atoms with Crippen LogP contribution in [-0.2, 0) is 11.3 Å². The number of ether oxygens (including phenoxy) is 1. The van der Waals surface area contributed by atoms with Crippen LogP contribution >= 0.6 is 11.3 Å². The van der Waals surface area contributed by atoms with Crippen LogP contribution in [0.15, 0.2) is 52.8 Å². The lowest BCUT2D eigenvalue weighted by Crippen LogP contribution is -2.35. The van der Waals surface area contributed by atoms with Gasteiger partial charge in [-0.2, -0.15) is 0 Å². The van der Waals surface area contributed by atoms with E-state index in [4.69, 9.17) is 9.72 Å². The highest BCUT2D eigenvalue weighted by molar-refractivity contribution is 7.14. The molecule has 6 nitrogen and oxygen atoms in total. The molecule has 3 aromatic rings. The molecule has 0 amide bonds. The molecule has 0 unspecified atom stereocenters. The Morgan fingerprint density at radius 3 is 2.81 bits per heavy atom. The Bertz CT molecular complexity index is 953. The Labute approximate surface area is 162 Å². The van der Waals surface area contributed by atoms with Gasteiger partial charge < -0.3 is 15.4 Å². The van der Waals surface area contributed by atoms with Crippen molar-refractivity contribution in [2.24, 2.45) is 4.99 Å². The van der Waals surface area contributed by atoms with E-state index in [0.717, 1.165) is 58.8 Å². The molecule has 0 saturated carbocycles. The Kier molecular flexibility index (Phi) is 5.41. The number of methoxy groups -OCH3 is 1. The summed E-state index contributed by atoms with van der Waals surface area (Å²) in [5, 5.41) is 9.31. The van der Waals surface area contributed by atoms with Crippen molar-refractivity contribution < 1.29 is 4.74 Å². The Morgan fingerprint density at radius 1 is 1.07 bits per heavy atom. The minimum Gasteiger partial charge on any atom is -0.380 e. The molecule has 1 aromatic carbocycles. The van der Waals surface area contributed by atoms with Gasteiger partial charge in [0.15, 0.2) is 11.1 Å². The molecule has 2 N–H and O–H groups in total. The number of benzene rings is 1. The summed E-state index contributed by atoms with van der Waals surface area (Å²) in [6.07, 6.45) is 1.07. The van der Waals surface area contributed by atoms with E-state index >= 15 is 0 Å².